The maximum Gasteiger partial charge on any atom is 0.324 e. The number of carbonyl (C=O) groups excluding carboxylic acids is 1. The molecule has 2 aromatic carbocycles. The predicted octanol–water partition coefficient (Wildman–Crippen LogP) is 4.88. The molecule has 0 saturated heterocycles. The highest BCUT2D eigenvalue weighted by Crippen LogP contribution is 2.21. The first-order valence-electron chi connectivity index (χ1n) is 7.20. The lowest BCUT2D eigenvalue weighted by molar-refractivity contribution is 0.262. The summed E-state index contributed by atoms with van der Waals surface area (Å²) in [5.74, 6) is 0.298. The number of hydrogen-bond acceptors (Lipinski definition) is 2. The average Bonchev–Trinajstić information content (AvgIpc) is 2.87. The number of aromatic nitrogens is 2. The molecule has 2 amide bonds. The number of amides is 2. The summed E-state index contributed by atoms with van der Waals surface area (Å²) < 4.78 is 1.67. The molecular weight excluding hydrogens is 347 g/mol. The van der Waals surface area contributed by atoms with E-state index in [4.69, 9.17) is 23.2 Å². The van der Waals surface area contributed by atoms with E-state index in [2.05, 4.69) is 15.7 Å². The molecule has 0 saturated carbocycles. The highest BCUT2D eigenvalue weighted by atomic mass is 35.5. The zero-order valence-corrected chi connectivity index (χ0v) is 14.1. The van der Waals surface area contributed by atoms with Crippen LogP contribution in [0.1, 0.15) is 5.56 Å². The Balaban J connectivity index is 1.66. The van der Waals surface area contributed by atoms with Crippen LogP contribution >= 0.6 is 23.2 Å². The number of halogens is 2. The Labute approximate surface area is 149 Å². The minimum absolute atomic E-state index is 0.298. The SMILES string of the molecule is O=C(Nc1cccc(Cl)c1)Nc1nn(Cc2ccccc2)cc1Cl. The van der Waals surface area contributed by atoms with Crippen LogP contribution < -0.4 is 10.6 Å². The summed E-state index contributed by atoms with van der Waals surface area (Å²) in [5.41, 5.74) is 1.67. The molecule has 24 heavy (non-hydrogen) atoms. The van der Waals surface area contributed by atoms with Gasteiger partial charge in [-0.3, -0.25) is 10.00 Å². The van der Waals surface area contributed by atoms with Crippen molar-refractivity contribution in [3.63, 3.8) is 0 Å². The summed E-state index contributed by atoms with van der Waals surface area (Å²) in [5, 5.41) is 10.5. The van der Waals surface area contributed by atoms with Crippen molar-refractivity contribution in [2.75, 3.05) is 10.6 Å². The van der Waals surface area contributed by atoms with Gasteiger partial charge in [-0.25, -0.2) is 4.79 Å². The first-order valence-corrected chi connectivity index (χ1v) is 7.96. The lowest BCUT2D eigenvalue weighted by Crippen LogP contribution is -2.20. The quantitative estimate of drug-likeness (QED) is 0.696. The second kappa shape index (κ2) is 7.38. The number of urea groups is 1. The van der Waals surface area contributed by atoms with E-state index in [9.17, 15) is 4.79 Å². The summed E-state index contributed by atoms with van der Waals surface area (Å²) in [6.07, 6.45) is 1.67. The van der Waals surface area contributed by atoms with Crippen molar-refractivity contribution < 1.29 is 4.79 Å². The van der Waals surface area contributed by atoms with Crippen molar-refractivity contribution in [2.24, 2.45) is 0 Å². The van der Waals surface area contributed by atoms with Gasteiger partial charge in [0.2, 0.25) is 0 Å². The molecule has 3 aromatic rings. The van der Waals surface area contributed by atoms with Crippen molar-refractivity contribution in [1.82, 2.24) is 9.78 Å². The largest absolute Gasteiger partial charge is 0.324 e. The molecule has 2 N–H and O–H groups in total. The molecule has 5 nitrogen and oxygen atoms in total. The molecule has 0 aliphatic rings. The van der Waals surface area contributed by atoms with Gasteiger partial charge in [-0.15, -0.1) is 0 Å². The Hall–Kier alpha value is -2.50. The van der Waals surface area contributed by atoms with Gasteiger partial charge in [0.15, 0.2) is 5.82 Å². The minimum atomic E-state index is -0.441. The van der Waals surface area contributed by atoms with Crippen molar-refractivity contribution in [2.45, 2.75) is 6.54 Å². The molecule has 0 aliphatic carbocycles. The van der Waals surface area contributed by atoms with Gasteiger partial charge in [0.25, 0.3) is 0 Å². The zero-order valence-electron chi connectivity index (χ0n) is 12.5. The third-order valence-corrected chi connectivity index (χ3v) is 3.73. The van der Waals surface area contributed by atoms with E-state index in [1.165, 1.54) is 0 Å². The number of hydrogen-bond donors (Lipinski definition) is 2. The van der Waals surface area contributed by atoms with Gasteiger partial charge in [-0.2, -0.15) is 5.10 Å². The molecule has 0 bridgehead atoms. The molecule has 0 atom stereocenters. The Morgan fingerprint density at radius 1 is 1.04 bits per heavy atom. The minimum Gasteiger partial charge on any atom is -0.308 e. The number of carbonyl (C=O) groups is 1. The van der Waals surface area contributed by atoms with Gasteiger partial charge in [-0.05, 0) is 23.8 Å². The monoisotopic (exact) mass is 360 g/mol. The summed E-state index contributed by atoms with van der Waals surface area (Å²) in [4.78, 5) is 12.0. The van der Waals surface area contributed by atoms with Gasteiger partial charge >= 0.3 is 6.03 Å². The van der Waals surface area contributed by atoms with Gasteiger partial charge in [-0.1, -0.05) is 59.6 Å². The Bertz CT molecular complexity index is 849. The number of benzene rings is 2. The fourth-order valence-electron chi connectivity index (χ4n) is 2.17. The number of anilines is 2. The van der Waals surface area contributed by atoms with E-state index in [0.29, 0.717) is 28.1 Å². The van der Waals surface area contributed by atoms with Crippen LogP contribution in [0, 0.1) is 0 Å². The van der Waals surface area contributed by atoms with Crippen LogP contribution in [0.3, 0.4) is 0 Å². The smallest absolute Gasteiger partial charge is 0.308 e. The van der Waals surface area contributed by atoms with Gasteiger partial charge in [0.05, 0.1) is 6.54 Å². The van der Waals surface area contributed by atoms with E-state index in [1.54, 1.807) is 35.1 Å². The molecule has 1 aromatic heterocycles. The van der Waals surface area contributed by atoms with Gasteiger partial charge in [0, 0.05) is 16.9 Å². The fraction of sp³-hybridized carbons (Fsp3) is 0.0588. The van der Waals surface area contributed by atoms with Crippen molar-refractivity contribution in [1.29, 1.82) is 0 Å². The second-order valence-corrected chi connectivity index (χ2v) is 5.94. The van der Waals surface area contributed by atoms with Crippen molar-refractivity contribution in [3.8, 4) is 0 Å². The van der Waals surface area contributed by atoms with E-state index >= 15 is 0 Å². The number of rotatable bonds is 4. The molecule has 0 fully saturated rings. The third kappa shape index (κ3) is 4.28. The molecule has 1 heterocycles. The van der Waals surface area contributed by atoms with Crippen LogP contribution in [0.25, 0.3) is 0 Å². The van der Waals surface area contributed by atoms with Crippen LogP contribution in [0.5, 0.6) is 0 Å². The Kier molecular flexibility index (Phi) is 5.03. The van der Waals surface area contributed by atoms with Gasteiger partial charge in [0.1, 0.15) is 5.02 Å². The molecule has 0 aliphatic heterocycles. The van der Waals surface area contributed by atoms with Crippen LogP contribution in [-0.2, 0) is 6.54 Å². The maximum absolute atomic E-state index is 12.0. The number of nitrogens with zero attached hydrogens (tertiary/aromatic N) is 2. The molecule has 122 valence electrons. The Morgan fingerprint density at radius 2 is 1.83 bits per heavy atom. The van der Waals surface area contributed by atoms with E-state index in [0.717, 1.165) is 5.56 Å². The summed E-state index contributed by atoms with van der Waals surface area (Å²) in [6.45, 7) is 0.568. The van der Waals surface area contributed by atoms with Crippen molar-refractivity contribution >= 4 is 40.7 Å². The number of nitrogens with one attached hydrogen (secondary N) is 2. The third-order valence-electron chi connectivity index (χ3n) is 3.22. The lowest BCUT2D eigenvalue weighted by Gasteiger charge is -2.06. The van der Waals surface area contributed by atoms with Crippen LogP contribution in [0.2, 0.25) is 10.0 Å². The lowest BCUT2D eigenvalue weighted by atomic mass is 10.2. The maximum atomic E-state index is 12.0. The molecule has 0 spiro atoms. The standard InChI is InChI=1S/C17H14Cl2N4O/c18-13-7-4-8-14(9-13)20-17(24)21-16-15(19)11-23(22-16)10-12-5-2-1-3-6-12/h1-9,11H,10H2,(H2,20,21,22,24). The highest BCUT2D eigenvalue weighted by molar-refractivity contribution is 6.33. The van der Waals surface area contributed by atoms with Crippen LogP contribution in [0.15, 0.2) is 60.8 Å². The topological polar surface area (TPSA) is 59.0 Å². The Morgan fingerprint density at radius 3 is 2.58 bits per heavy atom. The zero-order chi connectivity index (χ0) is 16.9. The van der Waals surface area contributed by atoms with E-state index in [-0.39, 0.29) is 0 Å². The average molecular weight is 361 g/mol. The first-order chi connectivity index (χ1) is 11.6. The van der Waals surface area contributed by atoms with Gasteiger partial charge < -0.3 is 5.32 Å². The van der Waals surface area contributed by atoms with Crippen LogP contribution in [0.4, 0.5) is 16.3 Å². The predicted molar refractivity (Wildman–Crippen MR) is 96.9 cm³/mol. The summed E-state index contributed by atoms with van der Waals surface area (Å²) in [7, 11) is 0. The first kappa shape index (κ1) is 16.4. The highest BCUT2D eigenvalue weighted by Gasteiger charge is 2.11. The molecule has 7 heteroatoms. The molecule has 0 unspecified atom stereocenters. The molecule has 0 radical (unpaired) electrons. The normalized spacial score (nSPS) is 10.4. The summed E-state index contributed by atoms with van der Waals surface area (Å²) in [6, 6.07) is 16.3. The summed E-state index contributed by atoms with van der Waals surface area (Å²) >= 11 is 12.0. The van der Waals surface area contributed by atoms with Crippen LogP contribution in [-0.4, -0.2) is 15.8 Å². The molecule has 3 rings (SSSR count). The van der Waals surface area contributed by atoms with E-state index < -0.39 is 6.03 Å². The van der Waals surface area contributed by atoms with E-state index in [1.807, 2.05) is 30.3 Å². The molecular formula is C17H14Cl2N4O. The van der Waals surface area contributed by atoms with Crippen molar-refractivity contribution in [3.05, 3.63) is 76.4 Å². The second-order valence-electron chi connectivity index (χ2n) is 5.10. The fourth-order valence-corrected chi connectivity index (χ4v) is 2.56.